The molecule has 3 nitrogen and oxygen atoms in total. The highest BCUT2D eigenvalue weighted by atomic mass is 16.5. The molecule has 0 atom stereocenters. The Labute approximate surface area is 157 Å². The molecular formula is C24H19NO2. The van der Waals surface area contributed by atoms with Crippen LogP contribution in [-0.4, -0.2) is 4.98 Å². The van der Waals surface area contributed by atoms with Crippen LogP contribution in [0, 0.1) is 0 Å². The van der Waals surface area contributed by atoms with Gasteiger partial charge in [0.15, 0.2) is 5.75 Å². The van der Waals surface area contributed by atoms with Gasteiger partial charge in [-0.3, -0.25) is 4.79 Å². The fourth-order valence-corrected chi connectivity index (χ4v) is 3.00. The fraction of sp³-hybridized carbons (Fsp3) is 0.0417. The van der Waals surface area contributed by atoms with E-state index < -0.39 is 0 Å². The van der Waals surface area contributed by atoms with E-state index in [1.807, 2.05) is 91.0 Å². The number of rotatable bonds is 5. The molecule has 0 amide bonds. The zero-order chi connectivity index (χ0) is 18.5. The quantitative estimate of drug-likeness (QED) is 0.530. The smallest absolute Gasteiger partial charge is 0.224 e. The largest absolute Gasteiger partial charge is 0.483 e. The molecule has 0 radical (unpaired) electrons. The first-order chi connectivity index (χ1) is 13.3. The third-order valence-electron chi connectivity index (χ3n) is 4.36. The third-order valence-corrected chi connectivity index (χ3v) is 4.36. The summed E-state index contributed by atoms with van der Waals surface area (Å²) in [6.07, 6.45) is 0. The van der Waals surface area contributed by atoms with Crippen molar-refractivity contribution in [1.82, 2.24) is 4.98 Å². The third kappa shape index (κ3) is 3.82. The van der Waals surface area contributed by atoms with Gasteiger partial charge < -0.3 is 9.72 Å². The van der Waals surface area contributed by atoms with Crippen LogP contribution in [0.2, 0.25) is 0 Å². The number of hydrogen-bond acceptors (Lipinski definition) is 2. The van der Waals surface area contributed by atoms with E-state index in [9.17, 15) is 4.79 Å². The number of aromatic amines is 1. The molecule has 132 valence electrons. The normalized spacial score (nSPS) is 10.5. The lowest BCUT2D eigenvalue weighted by molar-refractivity contribution is 0.303. The first-order valence-electron chi connectivity index (χ1n) is 8.86. The van der Waals surface area contributed by atoms with Gasteiger partial charge in [0.1, 0.15) is 6.61 Å². The van der Waals surface area contributed by atoms with Crippen molar-refractivity contribution in [2.24, 2.45) is 0 Å². The predicted molar refractivity (Wildman–Crippen MR) is 109 cm³/mol. The highest BCUT2D eigenvalue weighted by Crippen LogP contribution is 2.28. The van der Waals surface area contributed by atoms with Gasteiger partial charge in [-0.1, -0.05) is 91.0 Å². The minimum Gasteiger partial charge on any atom is -0.483 e. The second-order valence-corrected chi connectivity index (χ2v) is 6.26. The minimum absolute atomic E-state index is 0.137. The van der Waals surface area contributed by atoms with E-state index in [1.165, 1.54) is 0 Å². The topological polar surface area (TPSA) is 42.1 Å². The number of ether oxygens (including phenoxy) is 1. The van der Waals surface area contributed by atoms with Crippen LogP contribution in [0.3, 0.4) is 0 Å². The molecule has 27 heavy (non-hydrogen) atoms. The highest BCUT2D eigenvalue weighted by Gasteiger charge is 2.14. The van der Waals surface area contributed by atoms with Crippen LogP contribution in [0.25, 0.3) is 22.5 Å². The number of aromatic nitrogens is 1. The first-order valence-corrected chi connectivity index (χ1v) is 8.86. The Morgan fingerprint density at radius 2 is 1.26 bits per heavy atom. The van der Waals surface area contributed by atoms with Crippen molar-refractivity contribution in [2.75, 3.05) is 0 Å². The van der Waals surface area contributed by atoms with E-state index in [2.05, 4.69) is 4.98 Å². The Kier molecular flexibility index (Phi) is 4.84. The molecule has 1 N–H and O–H groups in total. The molecule has 1 heterocycles. The molecule has 3 aromatic carbocycles. The summed E-state index contributed by atoms with van der Waals surface area (Å²) in [6.45, 7) is 0.342. The van der Waals surface area contributed by atoms with Crippen molar-refractivity contribution in [3.63, 3.8) is 0 Å². The lowest BCUT2D eigenvalue weighted by Crippen LogP contribution is -2.11. The van der Waals surface area contributed by atoms with Crippen molar-refractivity contribution in [1.29, 1.82) is 0 Å². The number of nitrogens with one attached hydrogen (secondary N) is 1. The minimum atomic E-state index is -0.137. The summed E-state index contributed by atoms with van der Waals surface area (Å²) in [5.41, 5.74) is 4.21. The molecular weight excluding hydrogens is 334 g/mol. The molecule has 0 aliphatic rings. The summed E-state index contributed by atoms with van der Waals surface area (Å²) >= 11 is 0. The summed E-state index contributed by atoms with van der Waals surface area (Å²) in [7, 11) is 0. The van der Waals surface area contributed by atoms with Crippen LogP contribution in [-0.2, 0) is 6.61 Å². The monoisotopic (exact) mass is 353 g/mol. The molecule has 0 saturated heterocycles. The zero-order valence-electron chi connectivity index (χ0n) is 14.8. The van der Waals surface area contributed by atoms with Crippen LogP contribution in [0.4, 0.5) is 0 Å². The maximum Gasteiger partial charge on any atom is 0.224 e. The van der Waals surface area contributed by atoms with Crippen LogP contribution < -0.4 is 10.2 Å². The van der Waals surface area contributed by atoms with E-state index >= 15 is 0 Å². The van der Waals surface area contributed by atoms with Gasteiger partial charge in [0.25, 0.3) is 0 Å². The van der Waals surface area contributed by atoms with E-state index in [0.29, 0.717) is 18.1 Å². The number of H-pyrrole nitrogens is 1. The number of benzene rings is 3. The molecule has 0 spiro atoms. The lowest BCUT2D eigenvalue weighted by atomic mass is 10.1. The Balaban J connectivity index is 1.79. The van der Waals surface area contributed by atoms with Crippen molar-refractivity contribution in [3.05, 3.63) is 113 Å². The Bertz CT molecular complexity index is 1070. The lowest BCUT2D eigenvalue weighted by Gasteiger charge is -2.13. The molecule has 4 rings (SSSR count). The summed E-state index contributed by atoms with van der Waals surface area (Å²) in [5.74, 6) is 0.338. The molecule has 0 aliphatic heterocycles. The average Bonchev–Trinajstić information content (AvgIpc) is 2.74. The predicted octanol–water partition coefficient (Wildman–Crippen LogP) is 5.29. The average molecular weight is 353 g/mol. The van der Waals surface area contributed by atoms with Gasteiger partial charge in [-0.15, -0.1) is 0 Å². The maximum atomic E-state index is 12.9. The SMILES string of the molecule is O=c1cc(-c2ccccc2)[nH]c(-c2ccccc2)c1OCc1ccccc1. The van der Waals surface area contributed by atoms with Gasteiger partial charge in [-0.25, -0.2) is 0 Å². The van der Waals surface area contributed by atoms with Gasteiger partial charge >= 0.3 is 0 Å². The number of hydrogen-bond donors (Lipinski definition) is 1. The summed E-state index contributed by atoms with van der Waals surface area (Å²) in [4.78, 5) is 16.3. The molecule has 0 saturated carbocycles. The summed E-state index contributed by atoms with van der Waals surface area (Å²) < 4.78 is 5.96. The van der Waals surface area contributed by atoms with Gasteiger partial charge in [-0.2, -0.15) is 0 Å². The van der Waals surface area contributed by atoms with Crippen LogP contribution in [0.1, 0.15) is 5.56 Å². The summed E-state index contributed by atoms with van der Waals surface area (Å²) in [5, 5.41) is 0. The van der Waals surface area contributed by atoms with Crippen LogP contribution in [0.15, 0.2) is 102 Å². The highest BCUT2D eigenvalue weighted by molar-refractivity contribution is 5.71. The van der Waals surface area contributed by atoms with Crippen molar-refractivity contribution in [2.45, 2.75) is 6.61 Å². The molecule has 3 heteroatoms. The molecule has 1 aromatic heterocycles. The van der Waals surface area contributed by atoms with Crippen molar-refractivity contribution in [3.8, 4) is 28.3 Å². The number of pyridine rings is 1. The van der Waals surface area contributed by atoms with Crippen LogP contribution >= 0.6 is 0 Å². The van der Waals surface area contributed by atoms with Gasteiger partial charge in [0.2, 0.25) is 5.43 Å². The molecule has 0 bridgehead atoms. The Morgan fingerprint density at radius 3 is 1.89 bits per heavy atom. The zero-order valence-corrected chi connectivity index (χ0v) is 14.8. The van der Waals surface area contributed by atoms with E-state index in [0.717, 1.165) is 22.4 Å². The Hall–Kier alpha value is -3.59. The fourth-order valence-electron chi connectivity index (χ4n) is 3.00. The van der Waals surface area contributed by atoms with E-state index in [4.69, 9.17) is 4.74 Å². The van der Waals surface area contributed by atoms with Crippen LogP contribution in [0.5, 0.6) is 5.75 Å². The Morgan fingerprint density at radius 1 is 0.704 bits per heavy atom. The van der Waals surface area contributed by atoms with E-state index in [1.54, 1.807) is 6.07 Å². The summed E-state index contributed by atoms with van der Waals surface area (Å²) in [6, 6.07) is 31.0. The van der Waals surface area contributed by atoms with Gasteiger partial charge in [0, 0.05) is 17.3 Å². The van der Waals surface area contributed by atoms with Crippen molar-refractivity contribution >= 4 is 0 Å². The van der Waals surface area contributed by atoms with Crippen molar-refractivity contribution < 1.29 is 4.74 Å². The second-order valence-electron chi connectivity index (χ2n) is 6.26. The van der Waals surface area contributed by atoms with Gasteiger partial charge in [-0.05, 0) is 11.1 Å². The van der Waals surface area contributed by atoms with E-state index in [-0.39, 0.29) is 5.43 Å². The first kappa shape index (κ1) is 16.9. The maximum absolute atomic E-state index is 12.9. The molecule has 0 fully saturated rings. The molecule has 4 aromatic rings. The molecule has 0 aliphatic carbocycles. The standard InChI is InChI=1S/C24H19NO2/c26-22-16-21(19-12-6-2-7-13-19)25-23(20-14-8-3-9-15-20)24(22)27-17-18-10-4-1-5-11-18/h1-16H,17H2,(H,25,26). The molecule has 0 unspecified atom stereocenters. The second kappa shape index (κ2) is 7.75. The van der Waals surface area contributed by atoms with Gasteiger partial charge in [0.05, 0.1) is 5.69 Å².